The van der Waals surface area contributed by atoms with Crippen LogP contribution in [-0.2, 0) is 6.61 Å². The van der Waals surface area contributed by atoms with Crippen molar-refractivity contribution in [2.45, 2.75) is 31.7 Å². The molecule has 0 saturated carbocycles. The first-order valence-electron chi connectivity index (χ1n) is 8.56. The summed E-state index contributed by atoms with van der Waals surface area (Å²) in [5.41, 5.74) is 2.01. The average Bonchev–Trinajstić information content (AvgIpc) is 2.61. The molecule has 0 spiro atoms. The lowest BCUT2D eigenvalue weighted by Crippen LogP contribution is -2.40. The van der Waals surface area contributed by atoms with Crippen LogP contribution in [0.25, 0.3) is 0 Å². The SMILES string of the molecule is OC1CCCN(CC(O)c2ccc(OCc3ccccc3)cc2)C1. The van der Waals surface area contributed by atoms with E-state index in [0.717, 1.165) is 36.3 Å². The van der Waals surface area contributed by atoms with Gasteiger partial charge < -0.3 is 14.9 Å². The topological polar surface area (TPSA) is 52.9 Å². The van der Waals surface area contributed by atoms with Crippen LogP contribution in [0.5, 0.6) is 5.75 Å². The Kier molecular flexibility index (Phi) is 5.86. The molecule has 2 aromatic rings. The fourth-order valence-corrected chi connectivity index (χ4v) is 3.07. The number of ether oxygens (including phenoxy) is 1. The molecule has 2 unspecified atom stereocenters. The number of hydrogen-bond donors (Lipinski definition) is 2. The van der Waals surface area contributed by atoms with Crippen LogP contribution in [0.2, 0.25) is 0 Å². The Hall–Kier alpha value is -1.88. The molecule has 0 bridgehead atoms. The third kappa shape index (κ3) is 4.81. The Bertz CT molecular complexity index is 615. The summed E-state index contributed by atoms with van der Waals surface area (Å²) in [5.74, 6) is 0.795. The van der Waals surface area contributed by atoms with E-state index < -0.39 is 6.10 Å². The first-order valence-corrected chi connectivity index (χ1v) is 8.56. The Labute approximate surface area is 143 Å². The van der Waals surface area contributed by atoms with Gasteiger partial charge in [0.25, 0.3) is 0 Å². The molecule has 0 aromatic heterocycles. The van der Waals surface area contributed by atoms with Crippen LogP contribution < -0.4 is 4.74 Å². The number of benzene rings is 2. The quantitative estimate of drug-likeness (QED) is 0.857. The standard InChI is InChI=1S/C20H25NO3/c22-18-7-4-12-21(13-18)14-20(23)17-8-10-19(11-9-17)24-15-16-5-2-1-3-6-16/h1-3,5-6,8-11,18,20,22-23H,4,7,12-15H2. The summed E-state index contributed by atoms with van der Waals surface area (Å²) in [5, 5.41) is 20.1. The van der Waals surface area contributed by atoms with Crippen molar-refractivity contribution in [1.82, 2.24) is 4.90 Å². The predicted molar refractivity (Wildman–Crippen MR) is 93.9 cm³/mol. The van der Waals surface area contributed by atoms with E-state index >= 15 is 0 Å². The lowest BCUT2D eigenvalue weighted by Gasteiger charge is -2.31. The molecule has 4 nitrogen and oxygen atoms in total. The molecule has 1 heterocycles. The molecule has 2 N–H and O–H groups in total. The van der Waals surface area contributed by atoms with E-state index in [1.165, 1.54) is 0 Å². The van der Waals surface area contributed by atoms with E-state index in [1.54, 1.807) is 0 Å². The number of hydrogen-bond acceptors (Lipinski definition) is 4. The third-order valence-electron chi connectivity index (χ3n) is 4.42. The second-order valence-corrected chi connectivity index (χ2v) is 6.41. The van der Waals surface area contributed by atoms with Crippen LogP contribution in [0.4, 0.5) is 0 Å². The molecule has 24 heavy (non-hydrogen) atoms. The lowest BCUT2D eigenvalue weighted by atomic mass is 10.1. The molecule has 128 valence electrons. The molecule has 0 radical (unpaired) electrons. The van der Waals surface area contributed by atoms with E-state index in [0.29, 0.717) is 19.7 Å². The van der Waals surface area contributed by atoms with Crippen LogP contribution in [0.1, 0.15) is 30.1 Å². The smallest absolute Gasteiger partial charge is 0.119 e. The second-order valence-electron chi connectivity index (χ2n) is 6.41. The van der Waals surface area contributed by atoms with E-state index in [1.807, 2.05) is 54.6 Å². The van der Waals surface area contributed by atoms with Gasteiger partial charge in [0, 0.05) is 13.1 Å². The third-order valence-corrected chi connectivity index (χ3v) is 4.42. The highest BCUT2D eigenvalue weighted by atomic mass is 16.5. The van der Waals surface area contributed by atoms with Gasteiger partial charge in [-0.15, -0.1) is 0 Å². The van der Waals surface area contributed by atoms with Crippen molar-refractivity contribution in [2.24, 2.45) is 0 Å². The summed E-state index contributed by atoms with van der Waals surface area (Å²) < 4.78 is 5.77. The molecule has 2 aromatic carbocycles. The van der Waals surface area contributed by atoms with Crippen molar-refractivity contribution < 1.29 is 14.9 Å². The summed E-state index contributed by atoms with van der Waals surface area (Å²) in [6, 6.07) is 17.7. The van der Waals surface area contributed by atoms with Crippen LogP contribution in [-0.4, -0.2) is 40.9 Å². The maximum atomic E-state index is 10.4. The summed E-state index contributed by atoms with van der Waals surface area (Å²) in [7, 11) is 0. The van der Waals surface area contributed by atoms with Gasteiger partial charge in [-0.25, -0.2) is 0 Å². The zero-order chi connectivity index (χ0) is 16.8. The van der Waals surface area contributed by atoms with Crippen molar-refractivity contribution in [2.75, 3.05) is 19.6 Å². The minimum Gasteiger partial charge on any atom is -0.489 e. The number of β-amino-alcohol motifs (C(OH)–C–C–N with tert-alkyl or cyclic N) is 2. The molecule has 2 atom stereocenters. The molecule has 0 amide bonds. The number of piperidine rings is 1. The van der Waals surface area contributed by atoms with E-state index in [9.17, 15) is 10.2 Å². The van der Waals surface area contributed by atoms with Crippen molar-refractivity contribution >= 4 is 0 Å². The number of aliphatic hydroxyl groups is 2. The van der Waals surface area contributed by atoms with Crippen LogP contribution in [0.15, 0.2) is 54.6 Å². The van der Waals surface area contributed by atoms with Crippen molar-refractivity contribution in [1.29, 1.82) is 0 Å². The first kappa shape index (κ1) is 17.0. The molecule has 0 aliphatic carbocycles. The minimum atomic E-state index is -0.543. The van der Waals surface area contributed by atoms with Crippen molar-refractivity contribution in [3.63, 3.8) is 0 Å². The molecular weight excluding hydrogens is 302 g/mol. The molecule has 1 aliphatic heterocycles. The fraction of sp³-hybridized carbons (Fsp3) is 0.400. The van der Waals surface area contributed by atoms with Gasteiger partial charge in [0.1, 0.15) is 12.4 Å². The Balaban J connectivity index is 1.51. The van der Waals surface area contributed by atoms with Gasteiger partial charge in [0.15, 0.2) is 0 Å². The molecule has 3 rings (SSSR count). The van der Waals surface area contributed by atoms with Crippen molar-refractivity contribution in [3.8, 4) is 5.75 Å². The fourth-order valence-electron chi connectivity index (χ4n) is 3.07. The number of aliphatic hydroxyl groups excluding tert-OH is 2. The number of nitrogens with zero attached hydrogens (tertiary/aromatic N) is 1. The van der Waals surface area contributed by atoms with Gasteiger partial charge in [-0.2, -0.15) is 0 Å². The number of likely N-dealkylation sites (tertiary alicyclic amines) is 1. The highest BCUT2D eigenvalue weighted by molar-refractivity contribution is 5.29. The van der Waals surface area contributed by atoms with Crippen LogP contribution in [0.3, 0.4) is 0 Å². The molecule has 4 heteroatoms. The second kappa shape index (κ2) is 8.29. The average molecular weight is 327 g/mol. The van der Waals surface area contributed by atoms with Crippen LogP contribution >= 0.6 is 0 Å². The van der Waals surface area contributed by atoms with Crippen molar-refractivity contribution in [3.05, 3.63) is 65.7 Å². The van der Waals surface area contributed by atoms with Gasteiger partial charge in [-0.1, -0.05) is 42.5 Å². The minimum absolute atomic E-state index is 0.264. The highest BCUT2D eigenvalue weighted by Gasteiger charge is 2.20. The largest absolute Gasteiger partial charge is 0.489 e. The summed E-state index contributed by atoms with van der Waals surface area (Å²) in [6.45, 7) is 2.68. The zero-order valence-electron chi connectivity index (χ0n) is 13.8. The van der Waals surface area contributed by atoms with Crippen LogP contribution in [0, 0.1) is 0 Å². The maximum absolute atomic E-state index is 10.4. The van der Waals surface area contributed by atoms with E-state index in [-0.39, 0.29) is 6.10 Å². The molecular formula is C20H25NO3. The molecule has 1 saturated heterocycles. The van der Waals surface area contributed by atoms with Gasteiger partial charge in [-0.3, -0.25) is 4.90 Å². The van der Waals surface area contributed by atoms with Gasteiger partial charge in [0.05, 0.1) is 12.2 Å². The van der Waals surface area contributed by atoms with Gasteiger partial charge in [0.2, 0.25) is 0 Å². The zero-order valence-corrected chi connectivity index (χ0v) is 13.8. The molecule has 1 fully saturated rings. The van der Waals surface area contributed by atoms with Gasteiger partial charge >= 0.3 is 0 Å². The monoisotopic (exact) mass is 327 g/mol. The Morgan fingerprint density at radius 1 is 1.08 bits per heavy atom. The highest BCUT2D eigenvalue weighted by Crippen LogP contribution is 2.21. The number of rotatable bonds is 6. The Morgan fingerprint density at radius 2 is 1.83 bits per heavy atom. The Morgan fingerprint density at radius 3 is 2.54 bits per heavy atom. The maximum Gasteiger partial charge on any atom is 0.119 e. The van der Waals surface area contributed by atoms with E-state index in [4.69, 9.17) is 4.74 Å². The lowest BCUT2D eigenvalue weighted by molar-refractivity contribution is 0.0392. The normalized spacial score (nSPS) is 19.8. The predicted octanol–water partition coefficient (Wildman–Crippen LogP) is 2.76. The summed E-state index contributed by atoms with van der Waals surface area (Å²) in [6.07, 6.45) is 1.04. The van der Waals surface area contributed by atoms with E-state index in [2.05, 4.69) is 4.90 Å². The first-order chi connectivity index (χ1) is 11.7. The molecule has 1 aliphatic rings. The summed E-state index contributed by atoms with van der Waals surface area (Å²) >= 11 is 0. The van der Waals surface area contributed by atoms with Gasteiger partial charge in [-0.05, 0) is 42.6 Å². The summed E-state index contributed by atoms with van der Waals surface area (Å²) in [4.78, 5) is 2.12.